The first-order chi connectivity index (χ1) is 29.2. The van der Waals surface area contributed by atoms with Crippen molar-refractivity contribution in [1.82, 2.24) is 5.32 Å². The van der Waals surface area contributed by atoms with Crippen LogP contribution in [0.25, 0.3) is 0 Å². The summed E-state index contributed by atoms with van der Waals surface area (Å²) in [5.74, 6) is -0.0673. The summed E-state index contributed by atoms with van der Waals surface area (Å²) in [4.78, 5) is 12.4. The number of unbranched alkanes of at least 4 members (excludes halogenated alkanes) is 26. The zero-order valence-electron chi connectivity index (χ0n) is 39.0. The molecule has 0 bridgehead atoms. The first-order valence-electron chi connectivity index (χ1n) is 25.3. The minimum Gasteiger partial charge on any atom is -0.394 e. The molecule has 3 N–H and O–H groups in total. The fraction of sp³-hybridized carbons (Fsp3) is 0.727. The highest BCUT2D eigenvalue weighted by Gasteiger charge is 2.18. The summed E-state index contributed by atoms with van der Waals surface area (Å²) in [6.45, 7) is 4.19. The summed E-state index contributed by atoms with van der Waals surface area (Å²) in [5, 5.41) is 23.1. The predicted molar refractivity (Wildman–Crippen MR) is 262 cm³/mol. The van der Waals surface area contributed by atoms with Gasteiger partial charge in [0.15, 0.2) is 0 Å². The lowest BCUT2D eigenvalue weighted by molar-refractivity contribution is -0.123. The summed E-state index contributed by atoms with van der Waals surface area (Å²) >= 11 is 0. The maximum absolute atomic E-state index is 12.4. The largest absolute Gasteiger partial charge is 0.394 e. The molecule has 2 unspecified atom stereocenters. The third-order valence-electron chi connectivity index (χ3n) is 11.1. The SMILES string of the molecule is CC/C=C\C/C=C\C/C=C\C/C=C\C/C=C\C/C=C\CCCCCCCCCCCCCCCCC(=O)NC(CO)C(O)/C=C/CCCCCCCCCCCCCC. The maximum atomic E-state index is 12.4. The smallest absolute Gasteiger partial charge is 0.220 e. The molecule has 4 nitrogen and oxygen atoms in total. The second-order valence-corrected chi connectivity index (χ2v) is 16.9. The van der Waals surface area contributed by atoms with Crippen LogP contribution in [0.15, 0.2) is 85.1 Å². The Hall–Kier alpha value is -2.43. The van der Waals surface area contributed by atoms with Gasteiger partial charge >= 0.3 is 0 Å². The Kier molecular flexibility index (Phi) is 47.9. The Balaban J connectivity index is 3.53. The normalized spacial score (nSPS) is 13.6. The second-order valence-electron chi connectivity index (χ2n) is 16.9. The van der Waals surface area contributed by atoms with E-state index >= 15 is 0 Å². The van der Waals surface area contributed by atoms with Gasteiger partial charge in [-0.2, -0.15) is 0 Å². The Morgan fingerprint density at radius 1 is 0.424 bits per heavy atom. The van der Waals surface area contributed by atoms with E-state index in [0.717, 1.165) is 64.2 Å². The third kappa shape index (κ3) is 46.5. The van der Waals surface area contributed by atoms with E-state index in [1.807, 2.05) is 6.08 Å². The summed E-state index contributed by atoms with van der Waals surface area (Å²) in [6, 6.07) is -0.625. The number of hydrogen-bond acceptors (Lipinski definition) is 3. The molecule has 0 aromatic heterocycles. The van der Waals surface area contributed by atoms with Crippen molar-refractivity contribution >= 4 is 5.91 Å². The van der Waals surface area contributed by atoms with Gasteiger partial charge in [0.05, 0.1) is 18.8 Å². The van der Waals surface area contributed by atoms with Crippen LogP contribution in [0.4, 0.5) is 0 Å². The molecule has 0 saturated carbocycles. The van der Waals surface area contributed by atoms with Crippen molar-refractivity contribution < 1.29 is 15.0 Å². The molecule has 340 valence electrons. The maximum Gasteiger partial charge on any atom is 0.220 e. The Morgan fingerprint density at radius 3 is 1.12 bits per heavy atom. The molecule has 0 aromatic carbocycles. The van der Waals surface area contributed by atoms with E-state index in [9.17, 15) is 15.0 Å². The fourth-order valence-corrected chi connectivity index (χ4v) is 7.30. The number of aliphatic hydroxyl groups excluding tert-OH is 2. The number of carbonyl (C=O) groups excluding carboxylic acids is 1. The first kappa shape index (κ1) is 56.6. The number of hydrogen-bond donors (Lipinski definition) is 3. The average Bonchev–Trinajstić information content (AvgIpc) is 3.24. The quantitative estimate of drug-likeness (QED) is 0.0423. The summed E-state index contributed by atoms with van der Waals surface area (Å²) in [6.07, 6.45) is 72.9. The molecular weight excluding hydrogens is 723 g/mol. The number of rotatable bonds is 45. The first-order valence-corrected chi connectivity index (χ1v) is 25.3. The van der Waals surface area contributed by atoms with Crippen LogP contribution in [0, 0.1) is 0 Å². The van der Waals surface area contributed by atoms with Gasteiger partial charge in [0.25, 0.3) is 0 Å². The monoisotopic (exact) mass is 820 g/mol. The number of allylic oxidation sites excluding steroid dienone is 13. The molecule has 1 amide bonds. The molecule has 0 aliphatic rings. The van der Waals surface area contributed by atoms with Crippen LogP contribution in [0.3, 0.4) is 0 Å². The van der Waals surface area contributed by atoms with E-state index < -0.39 is 12.1 Å². The van der Waals surface area contributed by atoms with E-state index in [-0.39, 0.29) is 12.5 Å². The van der Waals surface area contributed by atoms with Gasteiger partial charge in [-0.25, -0.2) is 0 Å². The van der Waals surface area contributed by atoms with Crippen molar-refractivity contribution in [3.63, 3.8) is 0 Å². The zero-order valence-corrected chi connectivity index (χ0v) is 39.0. The van der Waals surface area contributed by atoms with Gasteiger partial charge in [-0.15, -0.1) is 0 Å². The molecule has 0 fully saturated rings. The lowest BCUT2D eigenvalue weighted by atomic mass is 10.0. The van der Waals surface area contributed by atoms with E-state index in [0.29, 0.717) is 6.42 Å². The van der Waals surface area contributed by atoms with Gasteiger partial charge in [0.1, 0.15) is 0 Å². The van der Waals surface area contributed by atoms with Crippen molar-refractivity contribution in [3.8, 4) is 0 Å². The molecule has 2 atom stereocenters. The van der Waals surface area contributed by atoms with Crippen molar-refractivity contribution in [1.29, 1.82) is 0 Å². The molecule has 0 radical (unpaired) electrons. The summed E-state index contributed by atoms with van der Waals surface area (Å²) < 4.78 is 0. The third-order valence-corrected chi connectivity index (χ3v) is 11.1. The predicted octanol–water partition coefficient (Wildman–Crippen LogP) is 16.4. The van der Waals surface area contributed by atoms with Gasteiger partial charge in [-0.05, 0) is 70.6 Å². The van der Waals surface area contributed by atoms with Crippen LogP contribution in [0.5, 0.6) is 0 Å². The van der Waals surface area contributed by atoms with Crippen LogP contribution in [0.1, 0.15) is 239 Å². The van der Waals surface area contributed by atoms with Crippen molar-refractivity contribution in [2.24, 2.45) is 0 Å². The highest BCUT2D eigenvalue weighted by atomic mass is 16.3. The molecule has 0 heterocycles. The fourth-order valence-electron chi connectivity index (χ4n) is 7.30. The lowest BCUT2D eigenvalue weighted by Crippen LogP contribution is -2.45. The molecule has 0 aromatic rings. The van der Waals surface area contributed by atoms with Crippen LogP contribution < -0.4 is 5.32 Å². The molecule has 0 aliphatic carbocycles. The number of carbonyl (C=O) groups is 1. The average molecular weight is 820 g/mol. The summed E-state index contributed by atoms with van der Waals surface area (Å²) in [7, 11) is 0. The molecular formula is C55H97NO3. The standard InChI is InChI=1S/C55H97NO3/c1-3-5-7-9-11-13-15-17-19-20-21-22-23-24-25-26-27-28-29-30-31-32-33-34-35-36-37-39-41-43-45-47-49-51-55(59)56-53(52-57)54(58)50-48-46-44-42-40-38-18-16-14-12-10-8-6-4-2/h5,7,11,13,17,19,21-22,24-25,27-28,48,50,53-54,57-58H,3-4,6,8-10,12,14-16,18,20,23,26,29-47,49,51-52H2,1-2H3,(H,56,59)/b7-5-,13-11-,19-17-,22-21-,25-24-,28-27-,50-48+. The lowest BCUT2D eigenvalue weighted by Gasteiger charge is -2.20. The minimum absolute atomic E-state index is 0.0673. The minimum atomic E-state index is -0.842. The molecule has 0 rings (SSSR count). The van der Waals surface area contributed by atoms with Gasteiger partial charge in [-0.3, -0.25) is 4.79 Å². The van der Waals surface area contributed by atoms with Crippen molar-refractivity contribution in [2.45, 2.75) is 251 Å². The Morgan fingerprint density at radius 2 is 0.746 bits per heavy atom. The highest BCUT2D eigenvalue weighted by molar-refractivity contribution is 5.76. The topological polar surface area (TPSA) is 69.6 Å². The van der Waals surface area contributed by atoms with Crippen molar-refractivity contribution in [3.05, 3.63) is 85.1 Å². The van der Waals surface area contributed by atoms with E-state index in [1.54, 1.807) is 6.08 Å². The van der Waals surface area contributed by atoms with Crippen LogP contribution >= 0.6 is 0 Å². The number of amides is 1. The van der Waals surface area contributed by atoms with E-state index in [2.05, 4.69) is 92.1 Å². The number of aliphatic hydroxyl groups is 2. The van der Waals surface area contributed by atoms with Gasteiger partial charge in [-0.1, -0.05) is 247 Å². The molecule has 59 heavy (non-hydrogen) atoms. The Labute approximate surface area is 367 Å². The molecule has 4 heteroatoms. The Bertz CT molecular complexity index is 1070. The van der Waals surface area contributed by atoms with Crippen molar-refractivity contribution in [2.75, 3.05) is 6.61 Å². The van der Waals surface area contributed by atoms with E-state index in [4.69, 9.17) is 0 Å². The van der Waals surface area contributed by atoms with Gasteiger partial charge in [0.2, 0.25) is 5.91 Å². The second kappa shape index (κ2) is 49.9. The summed E-state index contributed by atoms with van der Waals surface area (Å²) in [5.41, 5.74) is 0. The highest BCUT2D eigenvalue weighted by Crippen LogP contribution is 2.15. The van der Waals surface area contributed by atoms with Crippen LogP contribution in [0.2, 0.25) is 0 Å². The zero-order chi connectivity index (χ0) is 42.8. The van der Waals surface area contributed by atoms with Crippen LogP contribution in [-0.2, 0) is 4.79 Å². The van der Waals surface area contributed by atoms with E-state index in [1.165, 1.54) is 154 Å². The number of nitrogens with one attached hydrogen (secondary N) is 1. The van der Waals surface area contributed by atoms with Gasteiger partial charge < -0.3 is 15.5 Å². The van der Waals surface area contributed by atoms with Gasteiger partial charge in [0, 0.05) is 6.42 Å². The molecule has 0 saturated heterocycles. The van der Waals surface area contributed by atoms with Crippen LogP contribution in [-0.4, -0.2) is 34.9 Å². The molecule has 0 aliphatic heterocycles. The molecule has 0 spiro atoms.